The summed E-state index contributed by atoms with van der Waals surface area (Å²) in [6.07, 6.45) is 0. The molecule has 6 nitrogen and oxygen atoms in total. The molecule has 3 rings (SSSR count). The van der Waals surface area contributed by atoms with Crippen LogP contribution in [0.4, 0.5) is 0 Å². The fourth-order valence-corrected chi connectivity index (χ4v) is 3.92. The lowest BCUT2D eigenvalue weighted by atomic mass is 10.3. The van der Waals surface area contributed by atoms with E-state index in [-0.39, 0.29) is 24.4 Å². The normalized spacial score (nSPS) is 11.1. The van der Waals surface area contributed by atoms with Crippen LogP contribution in [-0.2, 0) is 4.79 Å². The van der Waals surface area contributed by atoms with Crippen molar-refractivity contribution in [3.63, 3.8) is 0 Å². The number of rotatable bonds is 5. The molecule has 0 unspecified atom stereocenters. The first-order valence-corrected chi connectivity index (χ1v) is 9.28. The summed E-state index contributed by atoms with van der Waals surface area (Å²) in [5, 5.41) is 8.34. The molecular weight excluding hydrogens is 348 g/mol. The lowest BCUT2D eigenvalue weighted by Crippen LogP contribution is -2.40. The van der Waals surface area contributed by atoms with Gasteiger partial charge in [0.1, 0.15) is 4.83 Å². The van der Waals surface area contributed by atoms with Crippen LogP contribution in [0.25, 0.3) is 15.9 Å². The molecule has 7 heteroatoms. The Balaban J connectivity index is 1.87. The highest BCUT2D eigenvalue weighted by Crippen LogP contribution is 2.30. The van der Waals surface area contributed by atoms with Crippen LogP contribution in [0.2, 0.25) is 0 Å². The van der Waals surface area contributed by atoms with Gasteiger partial charge < -0.3 is 10.2 Å². The van der Waals surface area contributed by atoms with Crippen LogP contribution in [0.3, 0.4) is 0 Å². The number of benzene rings is 1. The fraction of sp³-hybridized carbons (Fsp3) is 0.316. The quantitative estimate of drug-likeness (QED) is 0.751. The lowest BCUT2D eigenvalue weighted by molar-refractivity contribution is -0.122. The van der Waals surface area contributed by atoms with Gasteiger partial charge in [0.25, 0.3) is 5.91 Å². The van der Waals surface area contributed by atoms with Gasteiger partial charge in [-0.2, -0.15) is 5.10 Å². The van der Waals surface area contributed by atoms with Crippen molar-refractivity contribution in [3.05, 3.63) is 47.0 Å². The monoisotopic (exact) mass is 370 g/mol. The van der Waals surface area contributed by atoms with E-state index in [1.807, 2.05) is 61.9 Å². The number of nitrogens with zero attached hydrogens (tertiary/aromatic N) is 3. The van der Waals surface area contributed by atoms with Crippen molar-refractivity contribution in [1.29, 1.82) is 0 Å². The number of aryl methyl sites for hydroxylation is 1. The van der Waals surface area contributed by atoms with Gasteiger partial charge in [0.15, 0.2) is 0 Å². The van der Waals surface area contributed by atoms with Gasteiger partial charge in [-0.1, -0.05) is 18.2 Å². The second kappa shape index (κ2) is 7.29. The molecule has 0 atom stereocenters. The van der Waals surface area contributed by atoms with Crippen LogP contribution >= 0.6 is 11.3 Å². The lowest BCUT2D eigenvalue weighted by Gasteiger charge is -2.17. The first-order chi connectivity index (χ1) is 12.4. The second-order valence-corrected chi connectivity index (χ2v) is 7.58. The van der Waals surface area contributed by atoms with Crippen LogP contribution in [0.1, 0.15) is 29.2 Å². The molecule has 2 amide bonds. The summed E-state index contributed by atoms with van der Waals surface area (Å²) in [6.45, 7) is 5.76. The zero-order valence-electron chi connectivity index (χ0n) is 15.3. The van der Waals surface area contributed by atoms with Crippen molar-refractivity contribution in [2.75, 3.05) is 13.6 Å². The summed E-state index contributed by atoms with van der Waals surface area (Å²) in [7, 11) is 1.64. The molecule has 2 heterocycles. The van der Waals surface area contributed by atoms with Gasteiger partial charge in [0, 0.05) is 18.5 Å². The van der Waals surface area contributed by atoms with Gasteiger partial charge in [0.2, 0.25) is 5.91 Å². The number of fused-ring (bicyclic) bond motifs is 1. The molecule has 0 fully saturated rings. The minimum Gasteiger partial charge on any atom is -0.352 e. The average molecular weight is 370 g/mol. The number of hydrogen-bond acceptors (Lipinski definition) is 4. The molecule has 0 aliphatic rings. The molecule has 0 aliphatic heterocycles. The Morgan fingerprint density at radius 3 is 2.62 bits per heavy atom. The minimum atomic E-state index is -0.163. The Kier molecular flexibility index (Phi) is 5.08. The number of carbonyl (C=O) groups excluding carboxylic acids is 2. The van der Waals surface area contributed by atoms with Crippen LogP contribution in [0, 0.1) is 6.92 Å². The zero-order valence-corrected chi connectivity index (χ0v) is 16.1. The van der Waals surface area contributed by atoms with Crippen molar-refractivity contribution in [1.82, 2.24) is 20.0 Å². The number of para-hydroxylation sites is 1. The number of likely N-dealkylation sites (N-methyl/N-ethyl adjacent to an activating group) is 1. The summed E-state index contributed by atoms with van der Waals surface area (Å²) in [5.41, 5.74) is 1.83. The highest BCUT2D eigenvalue weighted by atomic mass is 32.1. The van der Waals surface area contributed by atoms with Crippen molar-refractivity contribution >= 4 is 33.4 Å². The molecule has 0 bridgehead atoms. The predicted octanol–water partition coefficient (Wildman–Crippen LogP) is 2.99. The van der Waals surface area contributed by atoms with E-state index < -0.39 is 0 Å². The molecule has 0 saturated carbocycles. The Labute approximate surface area is 156 Å². The van der Waals surface area contributed by atoms with E-state index in [1.165, 1.54) is 16.2 Å². The maximum Gasteiger partial charge on any atom is 0.264 e. The second-order valence-electron chi connectivity index (χ2n) is 6.55. The molecule has 0 spiro atoms. The number of thiophene rings is 1. The predicted molar refractivity (Wildman–Crippen MR) is 104 cm³/mol. The topological polar surface area (TPSA) is 67.2 Å². The first-order valence-electron chi connectivity index (χ1n) is 8.46. The Hall–Kier alpha value is -2.67. The van der Waals surface area contributed by atoms with Crippen LogP contribution in [0.5, 0.6) is 0 Å². The van der Waals surface area contributed by atoms with Crippen LogP contribution in [0.15, 0.2) is 36.4 Å². The third-order valence-electron chi connectivity index (χ3n) is 3.93. The Bertz CT molecular complexity index is 943. The number of aromatic nitrogens is 2. The zero-order chi connectivity index (χ0) is 18.8. The minimum absolute atomic E-state index is 0.0368. The third-order valence-corrected chi connectivity index (χ3v) is 5.03. The van der Waals surface area contributed by atoms with E-state index in [2.05, 4.69) is 10.4 Å². The van der Waals surface area contributed by atoms with Gasteiger partial charge in [-0.25, -0.2) is 4.68 Å². The number of carbonyl (C=O) groups is 2. The largest absolute Gasteiger partial charge is 0.352 e. The number of nitrogens with one attached hydrogen (secondary N) is 1. The summed E-state index contributed by atoms with van der Waals surface area (Å²) < 4.78 is 1.86. The van der Waals surface area contributed by atoms with Crippen molar-refractivity contribution in [2.24, 2.45) is 0 Å². The van der Waals surface area contributed by atoms with Gasteiger partial charge in [-0.05, 0) is 39.0 Å². The molecule has 2 aromatic heterocycles. The highest BCUT2D eigenvalue weighted by molar-refractivity contribution is 7.20. The van der Waals surface area contributed by atoms with Gasteiger partial charge >= 0.3 is 0 Å². The molecule has 1 aromatic carbocycles. The Morgan fingerprint density at radius 2 is 1.96 bits per heavy atom. The van der Waals surface area contributed by atoms with Crippen molar-refractivity contribution in [3.8, 4) is 5.69 Å². The molecular formula is C19H22N4O2S. The summed E-state index contributed by atoms with van der Waals surface area (Å²) in [5.74, 6) is -0.326. The molecule has 3 aromatic rings. The van der Waals surface area contributed by atoms with E-state index in [0.717, 1.165) is 21.6 Å². The molecule has 1 N–H and O–H groups in total. The molecule has 0 aliphatic carbocycles. The fourth-order valence-electron chi connectivity index (χ4n) is 2.74. The van der Waals surface area contributed by atoms with Gasteiger partial charge in [-0.3, -0.25) is 9.59 Å². The van der Waals surface area contributed by atoms with Crippen molar-refractivity contribution < 1.29 is 9.59 Å². The van der Waals surface area contributed by atoms with Gasteiger partial charge in [-0.15, -0.1) is 11.3 Å². The molecule has 0 saturated heterocycles. The average Bonchev–Trinajstić information content (AvgIpc) is 3.15. The molecule has 0 radical (unpaired) electrons. The number of amides is 2. The van der Waals surface area contributed by atoms with Crippen LogP contribution < -0.4 is 5.32 Å². The smallest absolute Gasteiger partial charge is 0.264 e. The maximum absolute atomic E-state index is 12.7. The molecule has 136 valence electrons. The summed E-state index contributed by atoms with van der Waals surface area (Å²) in [4.78, 5) is 27.6. The SMILES string of the molecule is Cc1nn(-c2ccccc2)c2sc(C(=O)N(C)CC(=O)NC(C)C)cc12. The Morgan fingerprint density at radius 1 is 1.27 bits per heavy atom. The van der Waals surface area contributed by atoms with Crippen molar-refractivity contribution in [2.45, 2.75) is 26.8 Å². The van der Waals surface area contributed by atoms with Crippen LogP contribution in [-0.4, -0.2) is 46.1 Å². The van der Waals surface area contributed by atoms with E-state index in [1.54, 1.807) is 7.05 Å². The first kappa shape index (κ1) is 18.1. The van der Waals surface area contributed by atoms with E-state index in [9.17, 15) is 9.59 Å². The maximum atomic E-state index is 12.7. The molecule has 26 heavy (non-hydrogen) atoms. The summed E-state index contributed by atoms with van der Waals surface area (Å²) >= 11 is 1.39. The van der Waals surface area contributed by atoms with E-state index in [4.69, 9.17) is 0 Å². The number of hydrogen-bond donors (Lipinski definition) is 1. The third kappa shape index (κ3) is 3.62. The van der Waals surface area contributed by atoms with Gasteiger partial charge in [0.05, 0.1) is 22.8 Å². The van der Waals surface area contributed by atoms with E-state index >= 15 is 0 Å². The van der Waals surface area contributed by atoms with E-state index in [0.29, 0.717) is 4.88 Å². The summed E-state index contributed by atoms with van der Waals surface area (Å²) in [6, 6.07) is 11.7. The highest BCUT2D eigenvalue weighted by Gasteiger charge is 2.21. The standard InChI is InChI=1S/C19H22N4O2S/c1-12(2)20-17(24)11-22(4)18(25)16-10-15-13(3)21-23(19(15)26-16)14-8-6-5-7-9-14/h5-10,12H,11H2,1-4H3,(H,20,24).